The molecule has 0 aromatic heterocycles. The van der Waals surface area contributed by atoms with E-state index in [0.717, 1.165) is 26.1 Å². The topological polar surface area (TPSA) is 44.4 Å². The fraction of sp³-hybridized carbons (Fsp3) is 0.933. The minimum Gasteiger partial charge on any atom is -0.350 e. The fourth-order valence-corrected chi connectivity index (χ4v) is 2.57. The maximum Gasteiger partial charge on any atom is 0.237 e. The molecular formula is C15H31N3O. The molecule has 1 rings (SSSR count). The fourth-order valence-electron chi connectivity index (χ4n) is 2.57. The van der Waals surface area contributed by atoms with E-state index in [-0.39, 0.29) is 17.5 Å². The van der Waals surface area contributed by atoms with Crippen molar-refractivity contribution in [2.75, 3.05) is 19.6 Å². The van der Waals surface area contributed by atoms with Gasteiger partial charge in [-0.1, -0.05) is 6.92 Å². The number of hydrogen-bond acceptors (Lipinski definition) is 3. The number of carbonyl (C=O) groups is 1. The summed E-state index contributed by atoms with van der Waals surface area (Å²) in [5.41, 5.74) is -0.158. The van der Waals surface area contributed by atoms with Crippen LogP contribution >= 0.6 is 0 Å². The predicted molar refractivity (Wildman–Crippen MR) is 80.2 cm³/mol. The smallest absolute Gasteiger partial charge is 0.237 e. The Bertz CT molecular complexity index is 280. The van der Waals surface area contributed by atoms with Crippen molar-refractivity contribution in [2.24, 2.45) is 0 Å². The van der Waals surface area contributed by atoms with Gasteiger partial charge in [-0.25, -0.2) is 0 Å². The van der Waals surface area contributed by atoms with Crippen LogP contribution in [0.3, 0.4) is 0 Å². The van der Waals surface area contributed by atoms with Crippen LogP contribution in [0.25, 0.3) is 0 Å². The predicted octanol–water partition coefficient (Wildman–Crippen LogP) is 1.75. The maximum absolute atomic E-state index is 12.3. The van der Waals surface area contributed by atoms with Gasteiger partial charge in [-0.3, -0.25) is 9.69 Å². The van der Waals surface area contributed by atoms with Crippen LogP contribution in [-0.4, -0.2) is 48.1 Å². The summed E-state index contributed by atoms with van der Waals surface area (Å²) in [6.45, 7) is 13.4. The molecule has 19 heavy (non-hydrogen) atoms. The Morgan fingerprint density at radius 2 is 2.16 bits per heavy atom. The van der Waals surface area contributed by atoms with E-state index >= 15 is 0 Å². The highest BCUT2D eigenvalue weighted by Crippen LogP contribution is 2.11. The summed E-state index contributed by atoms with van der Waals surface area (Å²) in [6.07, 6.45) is 3.57. The summed E-state index contributed by atoms with van der Waals surface area (Å²) in [6, 6.07) is 0.498. The van der Waals surface area contributed by atoms with Gasteiger partial charge in [0.25, 0.3) is 0 Å². The van der Waals surface area contributed by atoms with E-state index in [1.165, 1.54) is 12.8 Å². The van der Waals surface area contributed by atoms with Crippen molar-refractivity contribution in [3.05, 3.63) is 0 Å². The van der Waals surface area contributed by atoms with Crippen LogP contribution in [0, 0.1) is 0 Å². The molecule has 1 saturated heterocycles. The second-order valence-corrected chi connectivity index (χ2v) is 6.70. The quantitative estimate of drug-likeness (QED) is 0.772. The number of carbonyl (C=O) groups excluding carboxylic acids is 1. The summed E-state index contributed by atoms with van der Waals surface area (Å²) < 4.78 is 0. The average Bonchev–Trinajstić information content (AvgIpc) is 2.78. The molecule has 0 radical (unpaired) electrons. The number of hydrogen-bond donors (Lipinski definition) is 2. The number of amides is 1. The van der Waals surface area contributed by atoms with Gasteiger partial charge in [0.05, 0.1) is 6.04 Å². The van der Waals surface area contributed by atoms with Gasteiger partial charge in [0.1, 0.15) is 0 Å². The lowest BCUT2D eigenvalue weighted by Crippen LogP contribution is -2.53. The van der Waals surface area contributed by atoms with Gasteiger partial charge in [-0.15, -0.1) is 0 Å². The lowest BCUT2D eigenvalue weighted by molar-refractivity contribution is -0.127. The number of nitrogens with one attached hydrogen (secondary N) is 2. The van der Waals surface area contributed by atoms with E-state index < -0.39 is 0 Å². The first-order valence-corrected chi connectivity index (χ1v) is 7.63. The van der Waals surface area contributed by atoms with E-state index in [4.69, 9.17) is 0 Å². The number of nitrogens with zero attached hydrogens (tertiary/aromatic N) is 1. The van der Waals surface area contributed by atoms with Gasteiger partial charge in [-0.2, -0.15) is 0 Å². The van der Waals surface area contributed by atoms with E-state index in [9.17, 15) is 4.79 Å². The first-order chi connectivity index (χ1) is 8.83. The molecule has 1 amide bonds. The zero-order valence-electron chi connectivity index (χ0n) is 13.3. The first-order valence-electron chi connectivity index (χ1n) is 7.63. The third kappa shape index (κ3) is 5.91. The number of rotatable bonds is 6. The van der Waals surface area contributed by atoms with Gasteiger partial charge >= 0.3 is 0 Å². The molecular weight excluding hydrogens is 238 g/mol. The molecule has 0 aliphatic carbocycles. The summed E-state index contributed by atoms with van der Waals surface area (Å²) in [5, 5.41) is 6.60. The van der Waals surface area contributed by atoms with Crippen LogP contribution in [0.4, 0.5) is 0 Å². The van der Waals surface area contributed by atoms with Gasteiger partial charge in [-0.05, 0) is 60.0 Å². The molecule has 2 N–H and O–H groups in total. The highest BCUT2D eigenvalue weighted by Gasteiger charge is 2.26. The largest absolute Gasteiger partial charge is 0.350 e. The van der Waals surface area contributed by atoms with E-state index in [0.29, 0.717) is 6.04 Å². The third-order valence-corrected chi connectivity index (χ3v) is 3.55. The molecule has 2 atom stereocenters. The Morgan fingerprint density at radius 1 is 1.47 bits per heavy atom. The zero-order valence-corrected chi connectivity index (χ0v) is 13.3. The van der Waals surface area contributed by atoms with Crippen LogP contribution in [0.15, 0.2) is 0 Å². The molecule has 2 unspecified atom stereocenters. The molecule has 4 nitrogen and oxygen atoms in total. The molecule has 1 aliphatic heterocycles. The SMILES string of the molecule is CCCN(CC1CCCN1)C(C)C(=O)NC(C)(C)C. The second kappa shape index (κ2) is 7.25. The summed E-state index contributed by atoms with van der Waals surface area (Å²) in [5.74, 6) is 0.138. The minimum atomic E-state index is -0.158. The van der Waals surface area contributed by atoms with Crippen LogP contribution in [0.2, 0.25) is 0 Å². The van der Waals surface area contributed by atoms with Crippen LogP contribution < -0.4 is 10.6 Å². The Morgan fingerprint density at radius 3 is 2.63 bits per heavy atom. The Kier molecular flexibility index (Phi) is 6.27. The van der Waals surface area contributed by atoms with Crippen molar-refractivity contribution >= 4 is 5.91 Å². The monoisotopic (exact) mass is 269 g/mol. The van der Waals surface area contributed by atoms with Crippen molar-refractivity contribution in [1.29, 1.82) is 0 Å². The van der Waals surface area contributed by atoms with Crippen molar-refractivity contribution < 1.29 is 4.79 Å². The minimum absolute atomic E-state index is 0.0541. The van der Waals surface area contributed by atoms with Crippen LogP contribution in [-0.2, 0) is 4.79 Å². The lowest BCUT2D eigenvalue weighted by atomic mass is 10.1. The van der Waals surface area contributed by atoms with Gasteiger partial charge in [0, 0.05) is 18.1 Å². The van der Waals surface area contributed by atoms with Crippen molar-refractivity contribution in [1.82, 2.24) is 15.5 Å². The summed E-state index contributed by atoms with van der Waals surface area (Å²) >= 11 is 0. The third-order valence-electron chi connectivity index (χ3n) is 3.55. The highest BCUT2D eigenvalue weighted by molar-refractivity contribution is 5.81. The van der Waals surface area contributed by atoms with Crippen LogP contribution in [0.1, 0.15) is 53.9 Å². The average molecular weight is 269 g/mol. The molecule has 0 aromatic carbocycles. The molecule has 4 heteroatoms. The maximum atomic E-state index is 12.3. The van der Waals surface area contributed by atoms with Crippen molar-refractivity contribution in [3.63, 3.8) is 0 Å². The van der Waals surface area contributed by atoms with E-state index in [2.05, 4.69) is 22.5 Å². The van der Waals surface area contributed by atoms with E-state index in [1.807, 2.05) is 27.7 Å². The highest BCUT2D eigenvalue weighted by atomic mass is 16.2. The van der Waals surface area contributed by atoms with Gasteiger partial charge < -0.3 is 10.6 Å². The molecule has 1 heterocycles. The standard InChI is InChI=1S/C15H31N3O/c1-6-10-18(11-13-8-7-9-16-13)12(2)14(19)17-15(3,4)5/h12-13,16H,6-11H2,1-5H3,(H,17,19). The molecule has 0 aromatic rings. The molecule has 1 aliphatic rings. The Hall–Kier alpha value is -0.610. The summed E-state index contributed by atoms with van der Waals surface area (Å²) in [4.78, 5) is 14.6. The molecule has 0 bridgehead atoms. The Labute approximate surface area is 118 Å². The van der Waals surface area contributed by atoms with E-state index in [1.54, 1.807) is 0 Å². The molecule has 112 valence electrons. The molecule has 1 fully saturated rings. The van der Waals surface area contributed by atoms with Crippen molar-refractivity contribution in [3.8, 4) is 0 Å². The van der Waals surface area contributed by atoms with Crippen molar-refractivity contribution in [2.45, 2.75) is 71.5 Å². The molecule has 0 saturated carbocycles. The first kappa shape index (κ1) is 16.4. The zero-order chi connectivity index (χ0) is 14.5. The van der Waals surface area contributed by atoms with Gasteiger partial charge in [0.15, 0.2) is 0 Å². The van der Waals surface area contributed by atoms with Gasteiger partial charge in [0.2, 0.25) is 5.91 Å². The normalized spacial score (nSPS) is 21.7. The molecule has 0 spiro atoms. The Balaban J connectivity index is 2.55. The van der Waals surface area contributed by atoms with Crippen LogP contribution in [0.5, 0.6) is 0 Å². The summed E-state index contributed by atoms with van der Waals surface area (Å²) in [7, 11) is 0. The second-order valence-electron chi connectivity index (χ2n) is 6.70. The lowest BCUT2D eigenvalue weighted by Gasteiger charge is -2.32.